The molecule has 2 rings (SSSR count). The minimum absolute atomic E-state index is 0.0497. The Morgan fingerprint density at radius 3 is 2.44 bits per heavy atom. The molecule has 3 N–H and O–H groups in total. The van der Waals surface area contributed by atoms with Crippen LogP contribution in [0.1, 0.15) is 16.1 Å². The number of anilines is 1. The monoisotopic (exact) mass is 244 g/mol. The molecule has 5 nitrogen and oxygen atoms in total. The number of aryl methyl sites for hydroxylation is 1. The highest BCUT2D eigenvalue weighted by Gasteiger charge is 2.10. The van der Waals surface area contributed by atoms with Crippen LogP contribution in [0.5, 0.6) is 5.75 Å². The van der Waals surface area contributed by atoms with Crippen molar-refractivity contribution in [2.75, 3.05) is 5.32 Å². The molecule has 0 saturated carbocycles. The number of carbonyl (C=O) groups is 1. The molecule has 0 atom stereocenters. The quantitative estimate of drug-likeness (QED) is 0.702. The number of hydrogen-bond donors (Lipinski definition) is 3. The number of hydrogen-bond acceptors (Lipinski definition) is 3. The standard InChI is InChI=1S/C13H12N2O3/c1-8-2-7-11(12(17)14-8)13(18)15-9-3-5-10(16)6-4-9/h2-7,16H,1H3,(H,14,17)(H,15,18). The Morgan fingerprint density at radius 2 is 1.83 bits per heavy atom. The van der Waals surface area contributed by atoms with E-state index in [0.717, 1.165) is 0 Å². The van der Waals surface area contributed by atoms with Crippen molar-refractivity contribution >= 4 is 11.6 Å². The zero-order valence-electron chi connectivity index (χ0n) is 9.73. The second-order valence-electron chi connectivity index (χ2n) is 3.89. The molecule has 5 heteroatoms. The minimum atomic E-state index is -0.484. The Labute approximate surface area is 103 Å². The van der Waals surface area contributed by atoms with Crippen molar-refractivity contribution in [3.63, 3.8) is 0 Å². The van der Waals surface area contributed by atoms with Gasteiger partial charge in [0, 0.05) is 11.4 Å². The number of nitrogens with one attached hydrogen (secondary N) is 2. The lowest BCUT2D eigenvalue weighted by Gasteiger charge is -2.04. The lowest BCUT2D eigenvalue weighted by atomic mass is 10.2. The fourth-order valence-corrected chi connectivity index (χ4v) is 1.49. The van der Waals surface area contributed by atoms with E-state index in [0.29, 0.717) is 11.4 Å². The van der Waals surface area contributed by atoms with E-state index in [1.54, 1.807) is 25.1 Å². The summed E-state index contributed by atoms with van der Waals surface area (Å²) in [6.45, 7) is 1.74. The number of carbonyl (C=O) groups excluding carboxylic acids is 1. The van der Waals surface area contributed by atoms with Gasteiger partial charge in [-0.3, -0.25) is 9.59 Å². The van der Waals surface area contributed by atoms with E-state index in [1.165, 1.54) is 18.2 Å². The first-order valence-electron chi connectivity index (χ1n) is 5.36. The van der Waals surface area contributed by atoms with Gasteiger partial charge in [0.15, 0.2) is 0 Å². The molecule has 92 valence electrons. The highest BCUT2D eigenvalue weighted by atomic mass is 16.3. The lowest BCUT2D eigenvalue weighted by Crippen LogP contribution is -2.23. The molecule has 0 spiro atoms. The first-order valence-corrected chi connectivity index (χ1v) is 5.36. The van der Waals surface area contributed by atoms with Crippen LogP contribution in [-0.4, -0.2) is 16.0 Å². The molecule has 18 heavy (non-hydrogen) atoms. The average molecular weight is 244 g/mol. The second-order valence-corrected chi connectivity index (χ2v) is 3.89. The van der Waals surface area contributed by atoms with Crippen LogP contribution in [0.2, 0.25) is 0 Å². The van der Waals surface area contributed by atoms with E-state index < -0.39 is 11.5 Å². The zero-order valence-corrected chi connectivity index (χ0v) is 9.73. The second kappa shape index (κ2) is 4.75. The van der Waals surface area contributed by atoms with Gasteiger partial charge < -0.3 is 15.4 Å². The molecule has 1 heterocycles. The van der Waals surface area contributed by atoms with Crippen LogP contribution in [0.4, 0.5) is 5.69 Å². The molecule has 2 aromatic rings. The largest absolute Gasteiger partial charge is 0.508 e. The number of phenolic OH excluding ortho intramolecular Hbond substituents is 1. The third-order valence-corrected chi connectivity index (χ3v) is 2.43. The zero-order chi connectivity index (χ0) is 13.1. The fraction of sp³-hybridized carbons (Fsp3) is 0.0769. The van der Waals surface area contributed by atoms with Crippen molar-refractivity contribution in [3.05, 3.63) is 58.0 Å². The number of benzene rings is 1. The van der Waals surface area contributed by atoms with Crippen molar-refractivity contribution < 1.29 is 9.90 Å². The van der Waals surface area contributed by atoms with E-state index in [2.05, 4.69) is 10.3 Å². The summed E-state index contributed by atoms with van der Waals surface area (Å²) in [6.07, 6.45) is 0. The maximum Gasteiger partial charge on any atom is 0.261 e. The van der Waals surface area contributed by atoms with Gasteiger partial charge in [0.05, 0.1) is 0 Å². The summed E-state index contributed by atoms with van der Waals surface area (Å²) in [5.74, 6) is -0.372. The lowest BCUT2D eigenvalue weighted by molar-refractivity contribution is 0.102. The van der Waals surface area contributed by atoms with Gasteiger partial charge in [-0.05, 0) is 43.3 Å². The van der Waals surface area contributed by atoms with Crippen molar-refractivity contribution in [2.45, 2.75) is 6.92 Å². The molecular weight excluding hydrogens is 232 g/mol. The number of aromatic hydroxyl groups is 1. The molecule has 0 unspecified atom stereocenters. The molecule has 0 aliphatic carbocycles. The number of phenols is 1. The molecular formula is C13H12N2O3. The number of pyridine rings is 1. The van der Waals surface area contributed by atoms with Crippen LogP contribution in [0, 0.1) is 6.92 Å². The summed E-state index contributed by atoms with van der Waals surface area (Å²) < 4.78 is 0. The summed E-state index contributed by atoms with van der Waals surface area (Å²) in [5, 5.41) is 11.7. The Morgan fingerprint density at radius 1 is 1.17 bits per heavy atom. The predicted octanol–water partition coefficient (Wildman–Crippen LogP) is 1.64. The van der Waals surface area contributed by atoms with Crippen molar-refractivity contribution in [1.29, 1.82) is 0 Å². The third-order valence-electron chi connectivity index (χ3n) is 2.43. The molecule has 0 fully saturated rings. The maximum absolute atomic E-state index is 11.8. The van der Waals surface area contributed by atoms with Gasteiger partial charge in [-0.2, -0.15) is 0 Å². The first-order chi connectivity index (χ1) is 8.56. The molecule has 0 saturated heterocycles. The Hall–Kier alpha value is -2.56. The number of aromatic amines is 1. The van der Waals surface area contributed by atoms with Crippen LogP contribution in [0.25, 0.3) is 0 Å². The first kappa shape index (κ1) is 11.9. The van der Waals surface area contributed by atoms with Crippen LogP contribution < -0.4 is 10.9 Å². The van der Waals surface area contributed by atoms with Gasteiger partial charge in [0.2, 0.25) is 0 Å². The van der Waals surface area contributed by atoms with Crippen LogP contribution in [0.3, 0.4) is 0 Å². The van der Waals surface area contributed by atoms with Gasteiger partial charge in [0.1, 0.15) is 11.3 Å². The van der Waals surface area contributed by atoms with Gasteiger partial charge in [0.25, 0.3) is 11.5 Å². The Kier molecular flexibility index (Phi) is 3.14. The SMILES string of the molecule is Cc1ccc(C(=O)Nc2ccc(O)cc2)c(=O)[nH]1. The number of aromatic nitrogens is 1. The fourth-order valence-electron chi connectivity index (χ4n) is 1.49. The molecule has 1 aromatic heterocycles. The summed E-state index contributed by atoms with van der Waals surface area (Å²) in [6, 6.07) is 9.15. The summed E-state index contributed by atoms with van der Waals surface area (Å²) in [5.41, 5.74) is 0.832. The highest BCUT2D eigenvalue weighted by Crippen LogP contribution is 2.14. The van der Waals surface area contributed by atoms with E-state index in [9.17, 15) is 9.59 Å². The maximum atomic E-state index is 11.8. The van der Waals surface area contributed by atoms with Gasteiger partial charge in [-0.1, -0.05) is 0 Å². The normalized spacial score (nSPS) is 10.1. The molecule has 0 radical (unpaired) electrons. The molecule has 0 bridgehead atoms. The number of rotatable bonds is 2. The average Bonchev–Trinajstić information content (AvgIpc) is 2.32. The number of amides is 1. The van der Waals surface area contributed by atoms with E-state index in [4.69, 9.17) is 5.11 Å². The van der Waals surface area contributed by atoms with Gasteiger partial charge in [-0.25, -0.2) is 0 Å². The highest BCUT2D eigenvalue weighted by molar-refractivity contribution is 6.03. The number of H-pyrrole nitrogens is 1. The Bertz CT molecular complexity index is 629. The van der Waals surface area contributed by atoms with E-state index in [-0.39, 0.29) is 11.3 Å². The summed E-state index contributed by atoms with van der Waals surface area (Å²) >= 11 is 0. The third kappa shape index (κ3) is 2.57. The molecule has 1 aromatic carbocycles. The smallest absolute Gasteiger partial charge is 0.261 e. The summed E-state index contributed by atoms with van der Waals surface area (Å²) in [7, 11) is 0. The van der Waals surface area contributed by atoms with E-state index >= 15 is 0 Å². The van der Waals surface area contributed by atoms with E-state index in [1.807, 2.05) is 0 Å². The van der Waals surface area contributed by atoms with Crippen molar-refractivity contribution in [1.82, 2.24) is 4.98 Å². The van der Waals surface area contributed by atoms with Gasteiger partial charge >= 0.3 is 0 Å². The van der Waals surface area contributed by atoms with Crippen LogP contribution in [0.15, 0.2) is 41.2 Å². The molecule has 0 aliphatic heterocycles. The van der Waals surface area contributed by atoms with Crippen LogP contribution in [-0.2, 0) is 0 Å². The topological polar surface area (TPSA) is 82.2 Å². The van der Waals surface area contributed by atoms with Crippen LogP contribution >= 0.6 is 0 Å². The van der Waals surface area contributed by atoms with Crippen molar-refractivity contribution in [2.24, 2.45) is 0 Å². The minimum Gasteiger partial charge on any atom is -0.508 e. The van der Waals surface area contributed by atoms with Gasteiger partial charge in [-0.15, -0.1) is 0 Å². The molecule has 0 aliphatic rings. The Balaban J connectivity index is 2.22. The predicted molar refractivity (Wildman–Crippen MR) is 67.9 cm³/mol. The van der Waals surface area contributed by atoms with Crippen molar-refractivity contribution in [3.8, 4) is 5.75 Å². The molecule has 1 amide bonds. The summed E-state index contributed by atoms with van der Waals surface area (Å²) in [4.78, 5) is 26.0.